The number of benzene rings is 1. The molecule has 1 aliphatic carbocycles. The molecule has 3 aliphatic heterocycles. The number of ether oxygens (including phenoxy) is 7. The third kappa shape index (κ3) is 8.25. The maximum absolute atomic E-state index is 15.7. The van der Waals surface area contributed by atoms with Gasteiger partial charge in [0, 0.05) is 25.2 Å². The molecule has 1 aromatic rings. The van der Waals surface area contributed by atoms with Gasteiger partial charge in [-0.05, 0) is 12.0 Å². The Labute approximate surface area is 282 Å². The Bertz CT molecular complexity index is 1170. The van der Waals surface area contributed by atoms with Gasteiger partial charge in [0.15, 0.2) is 25.0 Å². The molecule has 0 spiro atoms. The third-order valence-corrected chi connectivity index (χ3v) is 9.51. The number of rotatable bonds is 12. The van der Waals surface area contributed by atoms with Crippen molar-refractivity contribution >= 4 is 0 Å². The summed E-state index contributed by atoms with van der Waals surface area (Å²) in [6, 6.07) is 5.80. The second kappa shape index (κ2) is 16.8. The van der Waals surface area contributed by atoms with Crippen LogP contribution in [-0.4, -0.2) is 167 Å². The molecule has 18 nitrogen and oxygen atoms in total. The van der Waals surface area contributed by atoms with Gasteiger partial charge in [0.05, 0.1) is 25.4 Å². The van der Waals surface area contributed by atoms with Crippen LogP contribution < -0.4 is 28.7 Å². The van der Waals surface area contributed by atoms with Crippen molar-refractivity contribution in [1.29, 1.82) is 0 Å². The summed E-state index contributed by atoms with van der Waals surface area (Å²) in [6.45, 7) is -1.15. The SMILES string of the molecule is NC[C@@H]1O[C@H](O[C@H]2[C@@H](O)[C@H](O[C@@H]3[C@@H](O)[C@H](N)C[C@H](N)[C@H]3O[C@H]3O[C@H](CN)[C@@H](O)[C@H](F)[C@H]3OCc3ccccc3)O[C@@H]2CO)[C@H](N)[C@@H](O)[C@@H]1O. The Kier molecular flexibility index (Phi) is 13.3. The van der Waals surface area contributed by atoms with E-state index in [1.807, 2.05) is 0 Å². The summed E-state index contributed by atoms with van der Waals surface area (Å²) in [5.41, 5.74) is 30.7. The Morgan fingerprint density at radius 2 is 1.24 bits per heavy atom. The average molecular weight is 708 g/mol. The summed E-state index contributed by atoms with van der Waals surface area (Å²) < 4.78 is 56.8. The minimum Gasteiger partial charge on any atom is -0.394 e. The molecule has 280 valence electrons. The van der Waals surface area contributed by atoms with E-state index in [4.69, 9.17) is 61.8 Å². The molecule has 0 aromatic heterocycles. The molecule has 3 saturated heterocycles. The van der Waals surface area contributed by atoms with Gasteiger partial charge in [-0.1, -0.05) is 30.3 Å². The van der Waals surface area contributed by atoms with Crippen molar-refractivity contribution in [2.45, 2.75) is 129 Å². The summed E-state index contributed by atoms with van der Waals surface area (Å²) >= 11 is 0. The summed E-state index contributed by atoms with van der Waals surface area (Å²) in [7, 11) is 0. The van der Waals surface area contributed by atoms with Gasteiger partial charge in [-0.2, -0.15) is 0 Å². The standard InChI is InChI=1S/C30H50FN5O13/c31-17-20(39)14(7-32)45-30(26(17)43-10-11-4-2-1-3-5-11)47-24-13(35)6-12(34)19(38)27(24)49-29-23(42)25(16(9-37)46-29)48-28-18(36)22(41)21(40)15(8-33)44-28/h1-5,12-30,37-42H,6-10,32-36H2/t12-,13+,14-,15+,16-,17+,18-,19+,20-,21-,22-,23-,24-,25-,26-,27-,28-,29+,30-/m1/s1. The maximum atomic E-state index is 15.7. The van der Waals surface area contributed by atoms with E-state index >= 15 is 4.39 Å². The van der Waals surface area contributed by atoms with Crippen LogP contribution >= 0.6 is 0 Å². The summed E-state index contributed by atoms with van der Waals surface area (Å²) in [5, 5.41) is 63.6. The fourth-order valence-electron chi connectivity index (χ4n) is 6.59. The van der Waals surface area contributed by atoms with Crippen LogP contribution in [0.2, 0.25) is 0 Å². The van der Waals surface area contributed by atoms with Crippen molar-refractivity contribution in [3.63, 3.8) is 0 Å². The van der Waals surface area contributed by atoms with Crippen LogP contribution in [0.3, 0.4) is 0 Å². The highest BCUT2D eigenvalue weighted by Crippen LogP contribution is 2.35. The molecule has 19 atom stereocenters. The van der Waals surface area contributed by atoms with Gasteiger partial charge in [0.25, 0.3) is 0 Å². The minimum absolute atomic E-state index is 0.0441. The average Bonchev–Trinajstić information content (AvgIpc) is 3.39. The molecular weight excluding hydrogens is 657 g/mol. The van der Waals surface area contributed by atoms with Crippen LogP contribution in [0, 0.1) is 0 Å². The Balaban J connectivity index is 1.33. The molecule has 0 bridgehead atoms. The molecule has 0 unspecified atom stereocenters. The smallest absolute Gasteiger partial charge is 0.187 e. The molecule has 4 fully saturated rings. The van der Waals surface area contributed by atoms with E-state index in [1.54, 1.807) is 30.3 Å². The van der Waals surface area contributed by atoms with Gasteiger partial charge in [-0.25, -0.2) is 4.39 Å². The summed E-state index contributed by atoms with van der Waals surface area (Å²) in [6.07, 6.45) is -22.9. The zero-order chi connectivity index (χ0) is 35.6. The van der Waals surface area contributed by atoms with E-state index in [0.717, 1.165) is 0 Å². The number of aliphatic hydroxyl groups is 6. The number of nitrogens with two attached hydrogens (primary N) is 5. The van der Waals surface area contributed by atoms with E-state index in [1.165, 1.54) is 0 Å². The van der Waals surface area contributed by atoms with Crippen molar-refractivity contribution in [2.24, 2.45) is 28.7 Å². The van der Waals surface area contributed by atoms with Gasteiger partial charge in [-0.15, -0.1) is 0 Å². The minimum atomic E-state index is -1.99. The van der Waals surface area contributed by atoms with Gasteiger partial charge in [-0.3, -0.25) is 0 Å². The van der Waals surface area contributed by atoms with Crippen LogP contribution in [0.4, 0.5) is 4.39 Å². The molecule has 16 N–H and O–H groups in total. The number of hydrogen-bond acceptors (Lipinski definition) is 18. The normalized spacial score (nSPS) is 47.7. The second-order valence-electron chi connectivity index (χ2n) is 12.9. The zero-order valence-corrected chi connectivity index (χ0v) is 26.7. The predicted octanol–water partition coefficient (Wildman–Crippen LogP) is -5.66. The van der Waals surface area contributed by atoms with Crippen molar-refractivity contribution < 1.29 is 68.2 Å². The third-order valence-electron chi connectivity index (χ3n) is 9.51. The fourth-order valence-corrected chi connectivity index (χ4v) is 6.59. The lowest BCUT2D eigenvalue weighted by atomic mass is 9.84. The van der Waals surface area contributed by atoms with Crippen LogP contribution in [0.15, 0.2) is 30.3 Å². The van der Waals surface area contributed by atoms with Gasteiger partial charge in [0.2, 0.25) is 0 Å². The Hall–Kier alpha value is -1.57. The fraction of sp³-hybridized carbons (Fsp3) is 0.800. The molecule has 49 heavy (non-hydrogen) atoms. The van der Waals surface area contributed by atoms with E-state index in [9.17, 15) is 30.6 Å². The van der Waals surface area contributed by atoms with Gasteiger partial charge < -0.3 is 92.5 Å². The molecule has 1 aromatic carbocycles. The molecule has 0 amide bonds. The van der Waals surface area contributed by atoms with Crippen molar-refractivity contribution in [2.75, 3.05) is 19.7 Å². The van der Waals surface area contributed by atoms with E-state index in [0.29, 0.717) is 5.56 Å². The first-order valence-corrected chi connectivity index (χ1v) is 16.3. The van der Waals surface area contributed by atoms with Crippen molar-refractivity contribution in [3.05, 3.63) is 35.9 Å². The molecule has 3 heterocycles. The lowest BCUT2D eigenvalue weighted by Crippen LogP contribution is -2.67. The molecule has 19 heteroatoms. The van der Waals surface area contributed by atoms with Gasteiger partial charge in [0.1, 0.15) is 67.1 Å². The zero-order valence-electron chi connectivity index (χ0n) is 26.7. The molecular formula is C30H50FN5O13. The maximum Gasteiger partial charge on any atom is 0.187 e. The lowest BCUT2D eigenvalue weighted by molar-refractivity contribution is -0.330. The topological polar surface area (TPSA) is 316 Å². The first-order chi connectivity index (χ1) is 23.4. The lowest BCUT2D eigenvalue weighted by Gasteiger charge is -2.47. The number of halogens is 1. The molecule has 1 saturated carbocycles. The van der Waals surface area contributed by atoms with Crippen molar-refractivity contribution in [1.82, 2.24) is 0 Å². The highest BCUT2D eigenvalue weighted by atomic mass is 19.1. The first kappa shape index (κ1) is 38.7. The first-order valence-electron chi connectivity index (χ1n) is 16.3. The number of hydrogen-bond donors (Lipinski definition) is 11. The highest BCUT2D eigenvalue weighted by Gasteiger charge is 2.55. The Morgan fingerprint density at radius 3 is 1.90 bits per heavy atom. The van der Waals surface area contributed by atoms with Crippen LogP contribution in [0.25, 0.3) is 0 Å². The highest BCUT2D eigenvalue weighted by molar-refractivity contribution is 5.13. The molecule has 4 aliphatic rings. The summed E-state index contributed by atoms with van der Waals surface area (Å²) in [4.78, 5) is 0. The van der Waals surface area contributed by atoms with Crippen LogP contribution in [0.1, 0.15) is 12.0 Å². The van der Waals surface area contributed by atoms with Crippen molar-refractivity contribution in [3.8, 4) is 0 Å². The largest absolute Gasteiger partial charge is 0.394 e. The second-order valence-corrected chi connectivity index (χ2v) is 12.9. The molecule has 0 radical (unpaired) electrons. The van der Waals surface area contributed by atoms with E-state index in [2.05, 4.69) is 0 Å². The predicted molar refractivity (Wildman–Crippen MR) is 164 cm³/mol. The van der Waals surface area contributed by atoms with Crippen LogP contribution in [-0.2, 0) is 39.8 Å². The number of aliphatic hydroxyl groups excluding tert-OH is 6. The monoisotopic (exact) mass is 707 g/mol. The summed E-state index contributed by atoms with van der Waals surface area (Å²) in [5.74, 6) is 0. The van der Waals surface area contributed by atoms with E-state index in [-0.39, 0.29) is 26.1 Å². The van der Waals surface area contributed by atoms with Crippen LogP contribution in [0.5, 0.6) is 0 Å². The van der Waals surface area contributed by atoms with E-state index < -0.39 is 123 Å². The quantitative estimate of drug-likeness (QED) is 0.0964. The van der Waals surface area contributed by atoms with Gasteiger partial charge >= 0.3 is 0 Å². The number of alkyl halides is 1. The molecule has 5 rings (SSSR count). The Morgan fingerprint density at radius 1 is 0.653 bits per heavy atom.